The molecule has 148 valence electrons. The Hall–Kier alpha value is -2.33. The third-order valence-corrected chi connectivity index (χ3v) is 4.84. The van der Waals surface area contributed by atoms with Gasteiger partial charge in [-0.2, -0.15) is 13.2 Å². The van der Waals surface area contributed by atoms with Crippen LogP contribution in [0.5, 0.6) is 0 Å². The number of benzene rings is 2. The van der Waals surface area contributed by atoms with E-state index in [1.165, 1.54) is 6.07 Å². The van der Waals surface area contributed by atoms with E-state index in [9.17, 15) is 22.8 Å². The minimum atomic E-state index is -4.68. The highest BCUT2D eigenvalue weighted by atomic mass is 79.9. The lowest BCUT2D eigenvalue weighted by atomic mass is 10.1. The lowest BCUT2D eigenvalue weighted by Crippen LogP contribution is -2.30. The van der Waals surface area contributed by atoms with Crippen LogP contribution in [0.25, 0.3) is 0 Å². The molecule has 1 aliphatic rings. The first-order valence-electron chi connectivity index (χ1n) is 7.79. The van der Waals surface area contributed by atoms with Crippen molar-refractivity contribution in [3.63, 3.8) is 0 Å². The zero-order valence-electron chi connectivity index (χ0n) is 14.2. The summed E-state index contributed by atoms with van der Waals surface area (Å²) >= 11 is 1.15. The molecule has 3 N–H and O–H groups in total. The van der Waals surface area contributed by atoms with Gasteiger partial charge in [-0.1, -0.05) is 42.1 Å². The number of amides is 1. The monoisotopic (exact) mass is 473 g/mol. The summed E-state index contributed by atoms with van der Waals surface area (Å²) in [4.78, 5) is 25.2. The zero-order chi connectivity index (χ0) is 19.8. The molecule has 0 radical (unpaired) electrons. The molecule has 0 unspecified atom stereocenters. The Morgan fingerprint density at radius 2 is 1.68 bits per heavy atom. The number of para-hydroxylation sites is 1. The number of halogens is 4. The Morgan fingerprint density at radius 1 is 1.07 bits per heavy atom. The number of nitrogens with two attached hydrogens (primary N) is 1. The van der Waals surface area contributed by atoms with Gasteiger partial charge in [0, 0.05) is 5.75 Å². The molecule has 0 aromatic heterocycles. The summed E-state index contributed by atoms with van der Waals surface area (Å²) in [5.74, 6) is -1.43. The van der Waals surface area contributed by atoms with Gasteiger partial charge in [-0.3, -0.25) is 19.9 Å². The SMILES string of the molecule is Br.N=C(N)SCc1ccc(CN2C(=O)C(=O)c3cccc(C(F)(F)F)c32)cc1. The average molecular weight is 474 g/mol. The van der Waals surface area contributed by atoms with Crippen molar-refractivity contribution >= 4 is 51.3 Å². The summed E-state index contributed by atoms with van der Waals surface area (Å²) in [6.07, 6.45) is -4.68. The lowest BCUT2D eigenvalue weighted by Gasteiger charge is -2.21. The first-order chi connectivity index (χ1) is 12.7. The molecule has 28 heavy (non-hydrogen) atoms. The summed E-state index contributed by atoms with van der Waals surface area (Å²) in [6, 6.07) is 10.0. The van der Waals surface area contributed by atoms with Crippen molar-refractivity contribution in [1.29, 1.82) is 5.41 Å². The van der Waals surface area contributed by atoms with Crippen molar-refractivity contribution in [2.75, 3.05) is 4.90 Å². The smallest absolute Gasteiger partial charge is 0.379 e. The molecule has 5 nitrogen and oxygen atoms in total. The van der Waals surface area contributed by atoms with Crippen molar-refractivity contribution < 1.29 is 22.8 Å². The van der Waals surface area contributed by atoms with Crippen LogP contribution in [-0.2, 0) is 23.3 Å². The quantitative estimate of drug-likeness (QED) is 0.396. The van der Waals surface area contributed by atoms with Crippen LogP contribution >= 0.6 is 28.7 Å². The number of rotatable bonds is 4. The Morgan fingerprint density at radius 3 is 2.25 bits per heavy atom. The maximum atomic E-state index is 13.3. The van der Waals surface area contributed by atoms with Crippen LogP contribution in [0.4, 0.5) is 18.9 Å². The number of carbonyl (C=O) groups is 2. The van der Waals surface area contributed by atoms with Crippen molar-refractivity contribution in [2.45, 2.75) is 18.5 Å². The van der Waals surface area contributed by atoms with Gasteiger partial charge in [-0.25, -0.2) is 0 Å². The van der Waals surface area contributed by atoms with E-state index in [1.807, 2.05) is 0 Å². The van der Waals surface area contributed by atoms with Gasteiger partial charge < -0.3 is 5.73 Å². The number of Topliss-reactive ketones (excluding diaryl/α,β-unsaturated/α-hetero) is 1. The van der Waals surface area contributed by atoms with E-state index in [2.05, 4.69) is 0 Å². The Balaban J connectivity index is 0.00000280. The highest BCUT2D eigenvalue weighted by Crippen LogP contribution is 2.42. The molecule has 0 spiro atoms. The first-order valence-corrected chi connectivity index (χ1v) is 8.78. The molecule has 2 aromatic carbocycles. The van der Waals surface area contributed by atoms with E-state index < -0.39 is 29.1 Å². The first kappa shape index (κ1) is 22.0. The molecule has 0 saturated carbocycles. The van der Waals surface area contributed by atoms with Crippen LogP contribution in [0.2, 0.25) is 0 Å². The van der Waals surface area contributed by atoms with Gasteiger partial charge in [-0.05, 0) is 23.3 Å². The Bertz CT molecular complexity index is 933. The predicted molar refractivity (Wildman–Crippen MR) is 107 cm³/mol. The largest absolute Gasteiger partial charge is 0.418 e. The van der Waals surface area contributed by atoms with Crippen LogP contribution in [0.15, 0.2) is 42.5 Å². The van der Waals surface area contributed by atoms with E-state index in [-0.39, 0.29) is 34.3 Å². The fourth-order valence-electron chi connectivity index (χ4n) is 2.82. The summed E-state index contributed by atoms with van der Waals surface area (Å²) in [7, 11) is 0. The minimum Gasteiger partial charge on any atom is -0.379 e. The van der Waals surface area contributed by atoms with Crippen LogP contribution in [0.1, 0.15) is 27.0 Å². The second kappa shape index (κ2) is 8.36. The summed E-state index contributed by atoms with van der Waals surface area (Å²) in [6.45, 7) is -0.148. The van der Waals surface area contributed by atoms with E-state index in [1.54, 1.807) is 24.3 Å². The van der Waals surface area contributed by atoms with Gasteiger partial charge in [0.05, 0.1) is 23.4 Å². The number of hydrogen-bond donors (Lipinski definition) is 2. The van der Waals surface area contributed by atoms with Crippen LogP contribution in [0.3, 0.4) is 0 Å². The van der Waals surface area contributed by atoms with E-state index in [0.717, 1.165) is 34.4 Å². The number of hydrogen-bond acceptors (Lipinski definition) is 4. The van der Waals surface area contributed by atoms with Crippen molar-refractivity contribution in [1.82, 2.24) is 0 Å². The van der Waals surface area contributed by atoms with Gasteiger partial charge in [0.2, 0.25) is 0 Å². The molecule has 3 rings (SSSR count). The molecule has 0 fully saturated rings. The topological polar surface area (TPSA) is 87.2 Å². The molecule has 0 saturated heterocycles. The van der Waals surface area contributed by atoms with Gasteiger partial charge >= 0.3 is 6.18 Å². The van der Waals surface area contributed by atoms with Crippen molar-refractivity contribution in [3.8, 4) is 0 Å². The number of anilines is 1. The van der Waals surface area contributed by atoms with E-state index in [4.69, 9.17) is 11.1 Å². The van der Waals surface area contributed by atoms with Crippen LogP contribution in [-0.4, -0.2) is 16.9 Å². The second-order valence-electron chi connectivity index (χ2n) is 5.89. The van der Waals surface area contributed by atoms with Gasteiger partial charge in [-0.15, -0.1) is 17.0 Å². The Labute approximate surface area is 173 Å². The molecule has 1 heterocycles. The molecule has 0 aliphatic carbocycles. The predicted octanol–water partition coefficient (Wildman–Crippen LogP) is 4.14. The van der Waals surface area contributed by atoms with E-state index >= 15 is 0 Å². The number of amidine groups is 1. The fourth-order valence-corrected chi connectivity index (χ4v) is 3.34. The number of ketones is 1. The average Bonchev–Trinajstić information content (AvgIpc) is 2.85. The molecule has 10 heteroatoms. The number of carbonyl (C=O) groups excluding carboxylic acids is 2. The number of fused-ring (bicyclic) bond motifs is 1. The normalized spacial score (nSPS) is 13.3. The lowest BCUT2D eigenvalue weighted by molar-refractivity contribution is -0.137. The summed E-state index contributed by atoms with van der Waals surface area (Å²) < 4.78 is 40.0. The molecule has 0 atom stereocenters. The standard InChI is InChI=1S/C18H14F3N3O2S.BrH/c19-18(20,21)13-3-1-2-12-14(13)24(16(26)15(12)25)8-10-4-6-11(7-5-10)9-27-17(22)23;/h1-7H,8-9H2,(H3,22,23);1H. The molecule has 0 bridgehead atoms. The fraction of sp³-hybridized carbons (Fsp3) is 0.167. The highest BCUT2D eigenvalue weighted by Gasteiger charge is 2.44. The zero-order valence-corrected chi connectivity index (χ0v) is 16.8. The number of alkyl halides is 3. The van der Waals surface area contributed by atoms with Gasteiger partial charge in [0.15, 0.2) is 5.17 Å². The molecule has 2 aromatic rings. The van der Waals surface area contributed by atoms with Crippen LogP contribution < -0.4 is 10.6 Å². The Kier molecular flexibility index (Phi) is 6.56. The maximum Gasteiger partial charge on any atom is 0.418 e. The molecular formula is C18H15BrF3N3O2S. The number of nitrogens with one attached hydrogen (secondary N) is 1. The second-order valence-corrected chi connectivity index (χ2v) is 6.91. The molecule has 1 aliphatic heterocycles. The van der Waals surface area contributed by atoms with Crippen molar-refractivity contribution in [2.24, 2.45) is 5.73 Å². The number of thioether (sulfide) groups is 1. The summed E-state index contributed by atoms with van der Waals surface area (Å²) in [5, 5.41) is 7.17. The highest BCUT2D eigenvalue weighted by molar-refractivity contribution is 8.93. The van der Waals surface area contributed by atoms with Gasteiger partial charge in [0.1, 0.15) is 0 Å². The third-order valence-electron chi connectivity index (χ3n) is 4.05. The van der Waals surface area contributed by atoms with Gasteiger partial charge in [0.25, 0.3) is 11.7 Å². The molecule has 1 amide bonds. The van der Waals surface area contributed by atoms with Crippen molar-refractivity contribution in [3.05, 3.63) is 64.7 Å². The number of nitrogens with zero attached hydrogens (tertiary/aromatic N) is 1. The third kappa shape index (κ3) is 4.39. The maximum absolute atomic E-state index is 13.3. The van der Waals surface area contributed by atoms with Crippen LogP contribution in [0, 0.1) is 5.41 Å². The molecular weight excluding hydrogens is 459 g/mol. The summed E-state index contributed by atoms with van der Waals surface area (Å²) in [5.41, 5.74) is 5.11. The van der Waals surface area contributed by atoms with E-state index in [0.29, 0.717) is 11.3 Å². The minimum absolute atomic E-state index is 0.